The van der Waals surface area contributed by atoms with Gasteiger partial charge >= 0.3 is 0 Å². The highest BCUT2D eigenvalue weighted by molar-refractivity contribution is 14.1. The third kappa shape index (κ3) is 3.28. The zero-order valence-corrected chi connectivity index (χ0v) is 13.1. The molecule has 0 saturated heterocycles. The number of halogens is 4. The van der Waals surface area contributed by atoms with E-state index < -0.39 is 0 Å². The molecule has 0 amide bonds. The first-order valence-corrected chi connectivity index (χ1v) is 7.19. The van der Waals surface area contributed by atoms with Gasteiger partial charge in [-0.05, 0) is 64.0 Å². The Morgan fingerprint density at radius 2 is 1.47 bits per heavy atom. The summed E-state index contributed by atoms with van der Waals surface area (Å²) < 4.78 is 1.10. The molecule has 0 radical (unpaired) electrons. The predicted octanol–water partition coefficient (Wildman–Crippen LogP) is 5.93. The van der Waals surface area contributed by atoms with Crippen molar-refractivity contribution in [2.24, 2.45) is 0 Å². The molecule has 0 saturated carbocycles. The average Bonchev–Trinajstić information content (AvgIpc) is 2.32. The van der Waals surface area contributed by atoms with Crippen molar-refractivity contribution in [1.29, 1.82) is 0 Å². The number of benzene rings is 2. The van der Waals surface area contributed by atoms with Gasteiger partial charge in [-0.1, -0.05) is 35.3 Å². The van der Waals surface area contributed by atoms with Crippen molar-refractivity contribution >= 4 is 57.4 Å². The zero-order valence-electron chi connectivity index (χ0n) is 8.63. The van der Waals surface area contributed by atoms with Crippen molar-refractivity contribution in [1.82, 2.24) is 0 Å². The van der Waals surface area contributed by atoms with Crippen LogP contribution >= 0.6 is 57.4 Å². The van der Waals surface area contributed by atoms with Crippen molar-refractivity contribution in [3.05, 3.63) is 67.2 Å². The minimum atomic E-state index is -0.210. The van der Waals surface area contributed by atoms with E-state index in [-0.39, 0.29) is 5.38 Å². The summed E-state index contributed by atoms with van der Waals surface area (Å²) in [6.07, 6.45) is 0. The fourth-order valence-corrected chi connectivity index (χ4v) is 2.98. The molecule has 0 bridgehead atoms. The van der Waals surface area contributed by atoms with Crippen LogP contribution in [0, 0.1) is 3.57 Å². The zero-order chi connectivity index (χ0) is 12.4. The predicted molar refractivity (Wildman–Crippen MR) is 83.3 cm³/mol. The fraction of sp³-hybridized carbons (Fsp3) is 0.0769. The van der Waals surface area contributed by atoms with E-state index in [4.69, 9.17) is 34.8 Å². The molecule has 1 atom stereocenters. The van der Waals surface area contributed by atoms with Crippen LogP contribution in [0.2, 0.25) is 10.0 Å². The molecule has 0 nitrogen and oxygen atoms in total. The molecule has 2 rings (SSSR count). The van der Waals surface area contributed by atoms with E-state index in [0.29, 0.717) is 10.0 Å². The Kier molecular flexibility index (Phi) is 4.59. The van der Waals surface area contributed by atoms with Crippen LogP contribution in [0.25, 0.3) is 0 Å². The Balaban J connectivity index is 2.39. The highest BCUT2D eigenvalue weighted by Gasteiger charge is 2.14. The van der Waals surface area contributed by atoms with E-state index in [0.717, 1.165) is 14.7 Å². The molecule has 17 heavy (non-hydrogen) atoms. The van der Waals surface area contributed by atoms with Gasteiger partial charge in [0.05, 0.1) is 5.38 Å². The van der Waals surface area contributed by atoms with Crippen molar-refractivity contribution in [3.63, 3.8) is 0 Å². The van der Waals surface area contributed by atoms with Gasteiger partial charge in [-0.15, -0.1) is 11.6 Å². The molecule has 1 unspecified atom stereocenters. The molecule has 4 heteroatoms. The molecular weight excluding hydrogens is 389 g/mol. The van der Waals surface area contributed by atoms with Gasteiger partial charge in [0.25, 0.3) is 0 Å². The van der Waals surface area contributed by atoms with Crippen molar-refractivity contribution in [3.8, 4) is 0 Å². The Labute approximate surface area is 129 Å². The average molecular weight is 397 g/mol. The van der Waals surface area contributed by atoms with E-state index >= 15 is 0 Å². The lowest BCUT2D eigenvalue weighted by Crippen LogP contribution is -1.96. The number of rotatable bonds is 2. The molecule has 0 aliphatic carbocycles. The van der Waals surface area contributed by atoms with Gasteiger partial charge in [-0.25, -0.2) is 0 Å². The van der Waals surface area contributed by atoms with Gasteiger partial charge in [0.1, 0.15) is 0 Å². The van der Waals surface area contributed by atoms with E-state index in [9.17, 15) is 0 Å². The first kappa shape index (κ1) is 13.5. The maximum Gasteiger partial charge on any atom is 0.0846 e. The highest BCUT2D eigenvalue weighted by Crippen LogP contribution is 2.33. The Hall–Kier alpha value is 0.0400. The summed E-state index contributed by atoms with van der Waals surface area (Å²) in [6.45, 7) is 0. The smallest absolute Gasteiger partial charge is 0.0846 e. The molecule has 88 valence electrons. The summed E-state index contributed by atoms with van der Waals surface area (Å²) in [7, 11) is 0. The van der Waals surface area contributed by atoms with Gasteiger partial charge in [0.2, 0.25) is 0 Å². The molecule has 0 aliphatic heterocycles. The Morgan fingerprint density at radius 1 is 0.882 bits per heavy atom. The minimum absolute atomic E-state index is 0.210. The second-order valence-electron chi connectivity index (χ2n) is 3.58. The third-order valence-electron chi connectivity index (χ3n) is 2.39. The van der Waals surface area contributed by atoms with Gasteiger partial charge in [-0.3, -0.25) is 0 Å². The van der Waals surface area contributed by atoms with Gasteiger partial charge < -0.3 is 0 Å². The normalized spacial score (nSPS) is 12.5. The van der Waals surface area contributed by atoms with Crippen molar-refractivity contribution < 1.29 is 0 Å². The van der Waals surface area contributed by atoms with Crippen LogP contribution in [0.15, 0.2) is 42.5 Å². The van der Waals surface area contributed by atoms with Crippen LogP contribution < -0.4 is 0 Å². The minimum Gasteiger partial charge on any atom is -0.113 e. The van der Waals surface area contributed by atoms with E-state index in [1.54, 1.807) is 0 Å². The topological polar surface area (TPSA) is 0 Å². The maximum atomic E-state index is 6.45. The van der Waals surface area contributed by atoms with Crippen LogP contribution in [0.5, 0.6) is 0 Å². The molecule has 0 N–H and O–H groups in total. The van der Waals surface area contributed by atoms with E-state index in [1.807, 2.05) is 42.5 Å². The molecule has 0 fully saturated rings. The highest BCUT2D eigenvalue weighted by atomic mass is 127. The van der Waals surface area contributed by atoms with Gasteiger partial charge in [-0.2, -0.15) is 0 Å². The first-order valence-electron chi connectivity index (χ1n) is 4.92. The van der Waals surface area contributed by atoms with Crippen molar-refractivity contribution in [2.45, 2.75) is 5.38 Å². The van der Waals surface area contributed by atoms with Crippen LogP contribution in [-0.4, -0.2) is 0 Å². The quantitative estimate of drug-likeness (QED) is 0.435. The molecular formula is C13H8Cl3I. The van der Waals surface area contributed by atoms with Gasteiger partial charge in [0, 0.05) is 13.6 Å². The third-order valence-corrected chi connectivity index (χ3v) is 4.35. The Bertz CT molecular complexity index is 523. The number of hydrogen-bond acceptors (Lipinski definition) is 0. The second kappa shape index (κ2) is 5.79. The molecule has 0 aliphatic rings. The summed E-state index contributed by atoms with van der Waals surface area (Å²) in [4.78, 5) is 0. The summed E-state index contributed by atoms with van der Waals surface area (Å²) in [6, 6.07) is 13.2. The first-order chi connectivity index (χ1) is 8.08. The van der Waals surface area contributed by atoms with Crippen LogP contribution in [0.3, 0.4) is 0 Å². The maximum absolute atomic E-state index is 6.45. The fourth-order valence-electron chi connectivity index (χ4n) is 1.52. The molecule has 2 aromatic rings. The summed E-state index contributed by atoms with van der Waals surface area (Å²) in [5.74, 6) is 0. The summed E-state index contributed by atoms with van der Waals surface area (Å²) in [5, 5.41) is 1.19. The van der Waals surface area contributed by atoms with Crippen LogP contribution in [-0.2, 0) is 0 Å². The lowest BCUT2D eigenvalue weighted by atomic mass is 10.0. The SMILES string of the molecule is Clc1ccc(C(Cl)c2cc(Cl)ccc2I)cc1. The number of alkyl halides is 1. The van der Waals surface area contributed by atoms with Crippen molar-refractivity contribution in [2.75, 3.05) is 0 Å². The molecule has 0 aromatic heterocycles. The summed E-state index contributed by atoms with van der Waals surface area (Å²) in [5.41, 5.74) is 2.03. The van der Waals surface area contributed by atoms with Crippen LogP contribution in [0.1, 0.15) is 16.5 Å². The van der Waals surface area contributed by atoms with E-state index in [1.165, 1.54) is 0 Å². The molecule has 0 spiro atoms. The lowest BCUT2D eigenvalue weighted by molar-refractivity contribution is 1.13. The molecule has 0 heterocycles. The largest absolute Gasteiger partial charge is 0.113 e. The lowest BCUT2D eigenvalue weighted by Gasteiger charge is -2.12. The number of hydrogen-bond donors (Lipinski definition) is 0. The monoisotopic (exact) mass is 396 g/mol. The van der Waals surface area contributed by atoms with Gasteiger partial charge in [0.15, 0.2) is 0 Å². The van der Waals surface area contributed by atoms with E-state index in [2.05, 4.69) is 22.6 Å². The van der Waals surface area contributed by atoms with Crippen LogP contribution in [0.4, 0.5) is 0 Å². The summed E-state index contributed by atoms with van der Waals surface area (Å²) >= 11 is 20.6. The standard InChI is InChI=1S/C13H8Cl3I/c14-9-3-1-8(2-4-9)13(16)11-7-10(15)5-6-12(11)17/h1-7,13H. The second-order valence-corrected chi connectivity index (χ2v) is 6.05. The Morgan fingerprint density at radius 3 is 2.12 bits per heavy atom. The molecule has 2 aromatic carbocycles.